The normalized spacial score (nSPS) is 12.8. The van der Waals surface area contributed by atoms with Gasteiger partial charge in [-0.05, 0) is 37.8 Å². The second-order valence-corrected chi connectivity index (χ2v) is 5.53. The zero-order valence-corrected chi connectivity index (χ0v) is 15.8. The Kier molecular flexibility index (Phi) is 8.85. The standard InChI is InChI=1S/C16H27N3.HI/c1-11(2)14(5)19-16(17-6)18-10-15-8-7-12(3)9-13(15)4;/h7-9,11,14H,10H2,1-6H3,(H2,17,18,19);1H. The maximum absolute atomic E-state index is 4.27. The zero-order chi connectivity index (χ0) is 14.4. The second kappa shape index (κ2) is 9.21. The number of guanidine groups is 1. The van der Waals surface area contributed by atoms with E-state index >= 15 is 0 Å². The lowest BCUT2D eigenvalue weighted by atomic mass is 10.1. The maximum atomic E-state index is 4.27. The summed E-state index contributed by atoms with van der Waals surface area (Å²) in [6.07, 6.45) is 0. The highest BCUT2D eigenvalue weighted by atomic mass is 127. The molecular weight excluding hydrogens is 361 g/mol. The van der Waals surface area contributed by atoms with Crippen LogP contribution in [0.4, 0.5) is 0 Å². The smallest absolute Gasteiger partial charge is 0.191 e. The highest BCUT2D eigenvalue weighted by Crippen LogP contribution is 2.10. The summed E-state index contributed by atoms with van der Waals surface area (Å²) in [5.74, 6) is 1.45. The molecule has 0 radical (unpaired) electrons. The molecule has 0 heterocycles. The summed E-state index contributed by atoms with van der Waals surface area (Å²) in [5, 5.41) is 6.78. The van der Waals surface area contributed by atoms with E-state index in [0.29, 0.717) is 12.0 Å². The Morgan fingerprint density at radius 3 is 2.35 bits per heavy atom. The number of halogens is 1. The van der Waals surface area contributed by atoms with Crippen LogP contribution in [0.15, 0.2) is 23.2 Å². The molecule has 0 amide bonds. The lowest BCUT2D eigenvalue weighted by Crippen LogP contribution is -2.43. The Labute approximate surface area is 140 Å². The van der Waals surface area contributed by atoms with Gasteiger partial charge in [0.05, 0.1) is 0 Å². The van der Waals surface area contributed by atoms with Gasteiger partial charge in [0.1, 0.15) is 0 Å². The van der Waals surface area contributed by atoms with Gasteiger partial charge in [-0.3, -0.25) is 4.99 Å². The molecule has 0 spiro atoms. The van der Waals surface area contributed by atoms with Crippen LogP contribution in [-0.4, -0.2) is 19.0 Å². The van der Waals surface area contributed by atoms with Crippen LogP contribution in [0.1, 0.15) is 37.5 Å². The van der Waals surface area contributed by atoms with Crippen molar-refractivity contribution in [3.63, 3.8) is 0 Å². The van der Waals surface area contributed by atoms with Crippen molar-refractivity contribution < 1.29 is 0 Å². The van der Waals surface area contributed by atoms with Gasteiger partial charge in [0, 0.05) is 19.6 Å². The number of aliphatic imine (C=N–C) groups is 1. The molecule has 0 aliphatic rings. The minimum atomic E-state index is 0. The Morgan fingerprint density at radius 1 is 1.20 bits per heavy atom. The second-order valence-electron chi connectivity index (χ2n) is 5.53. The van der Waals surface area contributed by atoms with Crippen LogP contribution >= 0.6 is 24.0 Å². The van der Waals surface area contributed by atoms with Gasteiger partial charge in [-0.2, -0.15) is 0 Å². The van der Waals surface area contributed by atoms with Crippen LogP contribution < -0.4 is 10.6 Å². The van der Waals surface area contributed by atoms with Gasteiger partial charge >= 0.3 is 0 Å². The molecule has 1 aromatic rings. The van der Waals surface area contributed by atoms with Crippen LogP contribution in [-0.2, 0) is 6.54 Å². The topological polar surface area (TPSA) is 36.4 Å². The number of hydrogen-bond donors (Lipinski definition) is 2. The van der Waals surface area contributed by atoms with E-state index < -0.39 is 0 Å². The number of hydrogen-bond acceptors (Lipinski definition) is 1. The van der Waals surface area contributed by atoms with Crippen molar-refractivity contribution in [2.45, 2.75) is 47.2 Å². The Morgan fingerprint density at radius 2 is 1.85 bits per heavy atom. The van der Waals surface area contributed by atoms with Gasteiger partial charge in [0.25, 0.3) is 0 Å². The van der Waals surface area contributed by atoms with Crippen molar-refractivity contribution in [3.05, 3.63) is 34.9 Å². The molecule has 4 heteroatoms. The first-order valence-corrected chi connectivity index (χ1v) is 6.97. The number of nitrogens with one attached hydrogen (secondary N) is 2. The molecule has 3 nitrogen and oxygen atoms in total. The fourth-order valence-electron chi connectivity index (χ4n) is 1.80. The zero-order valence-electron chi connectivity index (χ0n) is 13.4. The van der Waals surface area contributed by atoms with Crippen LogP contribution in [0.5, 0.6) is 0 Å². The molecule has 20 heavy (non-hydrogen) atoms. The summed E-state index contributed by atoms with van der Waals surface area (Å²) < 4.78 is 0. The van der Waals surface area contributed by atoms with E-state index in [0.717, 1.165) is 12.5 Å². The molecule has 0 saturated carbocycles. The first kappa shape index (κ1) is 19.2. The quantitative estimate of drug-likeness (QED) is 0.469. The molecule has 0 aromatic heterocycles. The van der Waals surface area contributed by atoms with Crippen molar-refractivity contribution in [1.82, 2.24) is 10.6 Å². The third-order valence-corrected chi connectivity index (χ3v) is 3.53. The van der Waals surface area contributed by atoms with Crippen LogP contribution in [0, 0.1) is 19.8 Å². The molecule has 1 unspecified atom stereocenters. The first-order valence-electron chi connectivity index (χ1n) is 6.97. The Balaban J connectivity index is 0.00000361. The fraction of sp³-hybridized carbons (Fsp3) is 0.562. The van der Waals surface area contributed by atoms with E-state index in [2.05, 4.69) is 68.4 Å². The molecule has 0 aliphatic carbocycles. The van der Waals surface area contributed by atoms with Gasteiger partial charge in [-0.25, -0.2) is 0 Å². The van der Waals surface area contributed by atoms with Crippen molar-refractivity contribution in [2.24, 2.45) is 10.9 Å². The van der Waals surface area contributed by atoms with Gasteiger partial charge in [-0.15, -0.1) is 24.0 Å². The lowest BCUT2D eigenvalue weighted by molar-refractivity contribution is 0.481. The van der Waals surface area contributed by atoms with Crippen molar-refractivity contribution >= 4 is 29.9 Å². The van der Waals surface area contributed by atoms with Crippen LogP contribution in [0.25, 0.3) is 0 Å². The molecule has 2 N–H and O–H groups in total. The third-order valence-electron chi connectivity index (χ3n) is 3.53. The average molecular weight is 389 g/mol. The van der Waals surface area contributed by atoms with Gasteiger partial charge in [-0.1, -0.05) is 37.6 Å². The predicted molar refractivity (Wildman–Crippen MR) is 99.0 cm³/mol. The minimum absolute atomic E-state index is 0. The molecule has 1 aromatic carbocycles. The van der Waals surface area contributed by atoms with Gasteiger partial charge in [0.15, 0.2) is 5.96 Å². The van der Waals surface area contributed by atoms with Crippen molar-refractivity contribution in [3.8, 4) is 0 Å². The third kappa shape index (κ3) is 6.11. The average Bonchev–Trinajstić information content (AvgIpc) is 2.35. The molecule has 0 bridgehead atoms. The van der Waals surface area contributed by atoms with E-state index in [4.69, 9.17) is 0 Å². The lowest BCUT2D eigenvalue weighted by Gasteiger charge is -2.21. The fourth-order valence-corrected chi connectivity index (χ4v) is 1.80. The maximum Gasteiger partial charge on any atom is 0.191 e. The molecule has 0 fully saturated rings. The monoisotopic (exact) mass is 389 g/mol. The largest absolute Gasteiger partial charge is 0.354 e. The number of nitrogens with zero attached hydrogens (tertiary/aromatic N) is 1. The molecule has 0 saturated heterocycles. The number of aryl methyl sites for hydroxylation is 2. The molecular formula is C16H28IN3. The van der Waals surface area contributed by atoms with Crippen molar-refractivity contribution in [1.29, 1.82) is 0 Å². The predicted octanol–water partition coefficient (Wildman–Crippen LogP) is 3.63. The van der Waals surface area contributed by atoms with E-state index in [9.17, 15) is 0 Å². The van der Waals surface area contributed by atoms with Gasteiger partial charge in [0.2, 0.25) is 0 Å². The molecule has 1 rings (SSSR count). The summed E-state index contributed by atoms with van der Waals surface area (Å²) in [7, 11) is 1.81. The van der Waals surface area contributed by atoms with Crippen LogP contribution in [0.3, 0.4) is 0 Å². The number of benzene rings is 1. The summed E-state index contributed by atoms with van der Waals surface area (Å²) in [4.78, 5) is 4.27. The Bertz CT molecular complexity index is 441. The summed E-state index contributed by atoms with van der Waals surface area (Å²) in [6.45, 7) is 11.7. The summed E-state index contributed by atoms with van der Waals surface area (Å²) >= 11 is 0. The van der Waals surface area contributed by atoms with Crippen LogP contribution in [0.2, 0.25) is 0 Å². The van der Waals surface area contributed by atoms with Crippen molar-refractivity contribution in [2.75, 3.05) is 7.05 Å². The first-order chi connectivity index (χ1) is 8.93. The Hall–Kier alpha value is -0.780. The number of rotatable bonds is 4. The molecule has 1 atom stereocenters. The van der Waals surface area contributed by atoms with E-state index in [1.54, 1.807) is 0 Å². The summed E-state index contributed by atoms with van der Waals surface area (Å²) in [6, 6.07) is 6.95. The van der Waals surface area contributed by atoms with E-state index in [1.807, 2.05) is 7.05 Å². The highest BCUT2D eigenvalue weighted by molar-refractivity contribution is 14.0. The highest BCUT2D eigenvalue weighted by Gasteiger charge is 2.09. The summed E-state index contributed by atoms with van der Waals surface area (Å²) in [5.41, 5.74) is 3.93. The van der Waals surface area contributed by atoms with E-state index in [-0.39, 0.29) is 24.0 Å². The molecule has 0 aliphatic heterocycles. The van der Waals surface area contributed by atoms with E-state index in [1.165, 1.54) is 16.7 Å². The minimum Gasteiger partial charge on any atom is -0.354 e. The van der Waals surface area contributed by atoms with Gasteiger partial charge < -0.3 is 10.6 Å². The molecule has 114 valence electrons. The SMILES string of the molecule is CN=C(NCc1ccc(C)cc1C)NC(C)C(C)C.I.